The van der Waals surface area contributed by atoms with Crippen molar-refractivity contribution in [3.05, 3.63) is 89.5 Å². The van der Waals surface area contributed by atoms with E-state index >= 15 is 0 Å². The van der Waals surface area contributed by atoms with Crippen molar-refractivity contribution in [1.82, 2.24) is 5.32 Å². The molecule has 0 aliphatic carbocycles. The molecule has 0 amide bonds. The zero-order valence-electron chi connectivity index (χ0n) is 15.3. The average molecular weight is 358 g/mol. The molecule has 0 aliphatic rings. The molecule has 0 aliphatic heterocycles. The van der Waals surface area contributed by atoms with Gasteiger partial charge in [-0.25, -0.2) is 0 Å². The Balaban J connectivity index is 1.91. The van der Waals surface area contributed by atoms with Crippen molar-refractivity contribution >= 4 is 37.1 Å². The summed E-state index contributed by atoms with van der Waals surface area (Å²) in [5.41, 5.74) is 5.28. The maximum atomic E-state index is 3.47. The summed E-state index contributed by atoms with van der Waals surface area (Å²) >= 11 is 1.87. The number of benzene rings is 3. The maximum absolute atomic E-state index is 3.47. The molecule has 0 unspecified atom stereocenters. The molecule has 130 valence electrons. The van der Waals surface area contributed by atoms with Gasteiger partial charge in [0.05, 0.1) is 0 Å². The van der Waals surface area contributed by atoms with Crippen LogP contribution in [-0.4, -0.2) is 13.1 Å². The van der Waals surface area contributed by atoms with Gasteiger partial charge in [-0.1, -0.05) is 67.1 Å². The molecule has 0 fully saturated rings. The number of rotatable bonds is 5. The van der Waals surface area contributed by atoms with Crippen LogP contribution in [0.3, 0.4) is 0 Å². The highest BCUT2D eigenvalue weighted by Crippen LogP contribution is 2.37. The Morgan fingerprint density at radius 1 is 0.808 bits per heavy atom. The average Bonchev–Trinajstić information content (AvgIpc) is 3.05. The highest BCUT2D eigenvalue weighted by molar-refractivity contribution is 7.25. The molecule has 0 spiro atoms. The van der Waals surface area contributed by atoms with Crippen LogP contribution in [0.15, 0.2) is 78.4 Å². The largest absolute Gasteiger partial charge is 0.313 e. The molecule has 0 bridgehead atoms. The third-order valence-electron chi connectivity index (χ3n) is 4.79. The van der Waals surface area contributed by atoms with Gasteiger partial charge in [0.25, 0.3) is 0 Å². The SMILES string of the molecule is CCNCC(C)=C(c1ccccc1)c1ccc2sc3ccccc3c2c1. The fourth-order valence-electron chi connectivity index (χ4n) is 3.55. The summed E-state index contributed by atoms with van der Waals surface area (Å²) in [5, 5.41) is 6.18. The van der Waals surface area contributed by atoms with Crippen molar-refractivity contribution in [2.24, 2.45) is 0 Å². The van der Waals surface area contributed by atoms with E-state index in [1.54, 1.807) is 0 Å². The minimum absolute atomic E-state index is 0.906. The van der Waals surface area contributed by atoms with Crippen LogP contribution in [0.5, 0.6) is 0 Å². The van der Waals surface area contributed by atoms with Crippen LogP contribution in [0.25, 0.3) is 25.7 Å². The van der Waals surface area contributed by atoms with E-state index < -0.39 is 0 Å². The van der Waals surface area contributed by atoms with Gasteiger partial charge in [-0.3, -0.25) is 0 Å². The smallest absolute Gasteiger partial charge is 0.0355 e. The van der Waals surface area contributed by atoms with Crippen molar-refractivity contribution in [2.45, 2.75) is 13.8 Å². The highest BCUT2D eigenvalue weighted by atomic mass is 32.1. The van der Waals surface area contributed by atoms with E-state index in [1.807, 2.05) is 11.3 Å². The zero-order chi connectivity index (χ0) is 17.9. The van der Waals surface area contributed by atoms with Crippen LogP contribution < -0.4 is 5.32 Å². The first kappa shape index (κ1) is 17.0. The Hall–Kier alpha value is -2.42. The second-order valence-corrected chi connectivity index (χ2v) is 7.69. The molecule has 2 heteroatoms. The molecule has 3 aromatic carbocycles. The van der Waals surface area contributed by atoms with Gasteiger partial charge in [-0.2, -0.15) is 0 Å². The first-order valence-corrected chi connectivity index (χ1v) is 9.97. The van der Waals surface area contributed by atoms with Crippen LogP contribution in [0.4, 0.5) is 0 Å². The Morgan fingerprint density at radius 3 is 2.35 bits per heavy atom. The molecule has 1 heterocycles. The Labute approximate surface area is 159 Å². The third-order valence-corrected chi connectivity index (χ3v) is 5.95. The quantitative estimate of drug-likeness (QED) is 0.431. The first-order valence-electron chi connectivity index (χ1n) is 9.15. The molecule has 1 N–H and O–H groups in total. The Bertz CT molecular complexity index is 1070. The van der Waals surface area contributed by atoms with Gasteiger partial charge in [0.15, 0.2) is 0 Å². The van der Waals surface area contributed by atoms with E-state index in [2.05, 4.69) is 92.0 Å². The maximum Gasteiger partial charge on any atom is 0.0355 e. The third kappa shape index (κ3) is 3.18. The number of thiophene rings is 1. The van der Waals surface area contributed by atoms with Crippen molar-refractivity contribution in [3.63, 3.8) is 0 Å². The van der Waals surface area contributed by atoms with Crippen LogP contribution >= 0.6 is 11.3 Å². The summed E-state index contributed by atoms with van der Waals surface area (Å²) in [6, 6.07) is 26.3. The zero-order valence-corrected chi connectivity index (χ0v) is 16.1. The lowest BCUT2D eigenvalue weighted by Crippen LogP contribution is -2.16. The molecule has 4 aromatic rings. The summed E-state index contributed by atoms with van der Waals surface area (Å²) in [6.45, 7) is 6.27. The number of fused-ring (bicyclic) bond motifs is 3. The molecule has 1 aromatic heterocycles. The van der Waals surface area contributed by atoms with Crippen molar-refractivity contribution in [2.75, 3.05) is 13.1 Å². The van der Waals surface area contributed by atoms with Gasteiger partial charge in [-0.05, 0) is 48.4 Å². The summed E-state index contributed by atoms with van der Waals surface area (Å²) < 4.78 is 2.71. The lowest BCUT2D eigenvalue weighted by Gasteiger charge is -2.14. The molecule has 1 nitrogen and oxygen atoms in total. The second kappa shape index (κ2) is 7.45. The van der Waals surface area contributed by atoms with Crippen molar-refractivity contribution in [3.8, 4) is 0 Å². The van der Waals surface area contributed by atoms with Gasteiger partial charge in [0.2, 0.25) is 0 Å². The van der Waals surface area contributed by atoms with Crippen LogP contribution in [0.1, 0.15) is 25.0 Å². The van der Waals surface area contributed by atoms with E-state index in [9.17, 15) is 0 Å². The first-order chi connectivity index (χ1) is 12.8. The van der Waals surface area contributed by atoms with Gasteiger partial charge in [-0.15, -0.1) is 11.3 Å². The molecule has 26 heavy (non-hydrogen) atoms. The Morgan fingerprint density at radius 2 is 1.54 bits per heavy atom. The molecule has 0 saturated heterocycles. The van der Waals surface area contributed by atoms with E-state index in [0.717, 1.165) is 13.1 Å². The van der Waals surface area contributed by atoms with E-state index in [-0.39, 0.29) is 0 Å². The normalized spacial score (nSPS) is 12.5. The van der Waals surface area contributed by atoms with Gasteiger partial charge in [0, 0.05) is 26.7 Å². The topological polar surface area (TPSA) is 12.0 Å². The minimum atomic E-state index is 0.906. The van der Waals surface area contributed by atoms with Crippen molar-refractivity contribution in [1.29, 1.82) is 0 Å². The highest BCUT2D eigenvalue weighted by Gasteiger charge is 2.12. The molecule has 0 atom stereocenters. The molecular formula is C24H23NS. The lowest BCUT2D eigenvalue weighted by molar-refractivity contribution is 0.777. The number of nitrogens with one attached hydrogen (secondary N) is 1. The summed E-state index contributed by atoms with van der Waals surface area (Å²) in [4.78, 5) is 0. The standard InChI is InChI=1S/C24H23NS/c1-3-25-16-17(2)24(18-9-5-4-6-10-18)19-13-14-23-21(15-19)20-11-7-8-12-22(20)26-23/h4-15,25H,3,16H2,1-2H3. The predicted octanol–water partition coefficient (Wildman–Crippen LogP) is 6.49. The van der Waals surface area contributed by atoms with Crippen LogP contribution in [0, 0.1) is 0 Å². The van der Waals surface area contributed by atoms with Gasteiger partial charge < -0.3 is 5.32 Å². The molecule has 0 saturated carbocycles. The summed E-state index contributed by atoms with van der Waals surface area (Å²) in [6.07, 6.45) is 0. The van der Waals surface area contributed by atoms with E-state index in [1.165, 1.54) is 42.4 Å². The second-order valence-electron chi connectivity index (χ2n) is 6.61. The van der Waals surface area contributed by atoms with E-state index in [0.29, 0.717) is 0 Å². The van der Waals surface area contributed by atoms with E-state index in [4.69, 9.17) is 0 Å². The van der Waals surface area contributed by atoms with Crippen LogP contribution in [0.2, 0.25) is 0 Å². The lowest BCUT2D eigenvalue weighted by atomic mass is 9.92. The summed E-state index contributed by atoms with van der Waals surface area (Å²) in [7, 11) is 0. The summed E-state index contributed by atoms with van der Waals surface area (Å²) in [5.74, 6) is 0. The number of likely N-dealkylation sites (N-methyl/N-ethyl adjacent to an activating group) is 1. The van der Waals surface area contributed by atoms with Crippen LogP contribution in [-0.2, 0) is 0 Å². The fraction of sp³-hybridized carbons (Fsp3) is 0.167. The van der Waals surface area contributed by atoms with Gasteiger partial charge in [0.1, 0.15) is 0 Å². The monoisotopic (exact) mass is 357 g/mol. The minimum Gasteiger partial charge on any atom is -0.313 e. The molecule has 4 rings (SSSR count). The number of hydrogen-bond donors (Lipinski definition) is 1. The number of hydrogen-bond acceptors (Lipinski definition) is 2. The van der Waals surface area contributed by atoms with Gasteiger partial charge >= 0.3 is 0 Å². The Kier molecular flexibility index (Phi) is 4.87. The predicted molar refractivity (Wildman–Crippen MR) is 116 cm³/mol. The fourth-order valence-corrected chi connectivity index (χ4v) is 4.63. The molecule has 0 radical (unpaired) electrons. The van der Waals surface area contributed by atoms with Crippen molar-refractivity contribution < 1.29 is 0 Å². The molecular weight excluding hydrogens is 334 g/mol.